The van der Waals surface area contributed by atoms with E-state index in [1.165, 1.54) is 13.8 Å². The standard InChI is InChI=1S/C13H15NO3/c1-13(2,14(16)17)11-8-7-9-5-3-4-6-10(9)12(11)15/h3-6,11H,7-8H2,1-2H3. The Morgan fingerprint density at radius 3 is 2.65 bits per heavy atom. The largest absolute Gasteiger partial charge is 0.294 e. The fraction of sp³-hybridized carbons (Fsp3) is 0.462. The Morgan fingerprint density at radius 1 is 1.35 bits per heavy atom. The molecular weight excluding hydrogens is 218 g/mol. The summed E-state index contributed by atoms with van der Waals surface area (Å²) in [5, 5.41) is 11.0. The first kappa shape index (κ1) is 11.8. The summed E-state index contributed by atoms with van der Waals surface area (Å²) in [6.45, 7) is 3.06. The van der Waals surface area contributed by atoms with Gasteiger partial charge >= 0.3 is 0 Å². The molecule has 1 aromatic carbocycles. The molecule has 0 spiro atoms. The predicted molar refractivity (Wildman–Crippen MR) is 63.7 cm³/mol. The van der Waals surface area contributed by atoms with E-state index in [1.807, 2.05) is 12.1 Å². The lowest BCUT2D eigenvalue weighted by Gasteiger charge is -2.29. The molecule has 0 fully saturated rings. The van der Waals surface area contributed by atoms with Gasteiger partial charge in [0.05, 0.1) is 5.92 Å². The number of nitro groups is 1. The summed E-state index contributed by atoms with van der Waals surface area (Å²) in [6, 6.07) is 7.38. The molecule has 0 saturated heterocycles. The summed E-state index contributed by atoms with van der Waals surface area (Å²) in [5.41, 5.74) is 0.469. The lowest BCUT2D eigenvalue weighted by atomic mass is 9.73. The van der Waals surface area contributed by atoms with Crippen LogP contribution in [0, 0.1) is 16.0 Å². The van der Waals surface area contributed by atoms with E-state index in [-0.39, 0.29) is 10.7 Å². The second kappa shape index (κ2) is 3.95. The van der Waals surface area contributed by atoms with E-state index in [9.17, 15) is 14.9 Å². The SMILES string of the molecule is CC(C)(C1CCc2ccccc2C1=O)[N+](=O)[O-]. The zero-order valence-electron chi connectivity index (χ0n) is 9.97. The number of benzene rings is 1. The fourth-order valence-corrected chi connectivity index (χ4v) is 2.40. The van der Waals surface area contributed by atoms with Gasteiger partial charge in [0.25, 0.3) is 0 Å². The summed E-state index contributed by atoms with van der Waals surface area (Å²) in [6.07, 6.45) is 1.30. The Morgan fingerprint density at radius 2 is 2.00 bits per heavy atom. The average Bonchev–Trinajstić information content (AvgIpc) is 2.29. The summed E-state index contributed by atoms with van der Waals surface area (Å²) in [4.78, 5) is 23.0. The Kier molecular flexibility index (Phi) is 2.73. The molecule has 1 aliphatic rings. The number of Topliss-reactive ketones (excluding diaryl/α,β-unsaturated/α-hetero) is 1. The zero-order chi connectivity index (χ0) is 12.6. The molecule has 90 valence electrons. The first-order chi connectivity index (χ1) is 7.94. The van der Waals surface area contributed by atoms with Gasteiger partial charge in [0, 0.05) is 24.3 Å². The lowest BCUT2D eigenvalue weighted by molar-refractivity contribution is -0.568. The van der Waals surface area contributed by atoms with E-state index < -0.39 is 11.5 Å². The Hall–Kier alpha value is -1.71. The molecule has 0 saturated carbocycles. The number of fused-ring (bicyclic) bond motifs is 1. The van der Waals surface area contributed by atoms with Crippen molar-refractivity contribution in [3.05, 3.63) is 45.5 Å². The number of rotatable bonds is 2. The number of carbonyl (C=O) groups excluding carboxylic acids is 1. The first-order valence-electron chi connectivity index (χ1n) is 5.71. The van der Waals surface area contributed by atoms with Crippen LogP contribution in [0.3, 0.4) is 0 Å². The van der Waals surface area contributed by atoms with Gasteiger partial charge in [-0.2, -0.15) is 0 Å². The molecule has 2 rings (SSSR count). The van der Waals surface area contributed by atoms with Crippen molar-refractivity contribution in [1.82, 2.24) is 0 Å². The topological polar surface area (TPSA) is 60.2 Å². The predicted octanol–water partition coefficient (Wildman–Crippen LogP) is 2.49. The molecular formula is C13H15NO3. The Balaban J connectivity index is 2.39. The molecule has 0 bridgehead atoms. The molecule has 1 aliphatic carbocycles. The van der Waals surface area contributed by atoms with Crippen LogP contribution in [0.25, 0.3) is 0 Å². The summed E-state index contributed by atoms with van der Waals surface area (Å²) in [5.74, 6) is -0.610. The third-order valence-corrected chi connectivity index (χ3v) is 3.62. The lowest BCUT2D eigenvalue weighted by Crippen LogP contribution is -2.45. The van der Waals surface area contributed by atoms with Gasteiger partial charge in [-0.25, -0.2) is 0 Å². The van der Waals surface area contributed by atoms with Crippen LogP contribution in [-0.4, -0.2) is 16.2 Å². The molecule has 0 radical (unpaired) electrons. The number of aryl methyl sites for hydroxylation is 1. The highest BCUT2D eigenvalue weighted by Crippen LogP contribution is 2.33. The normalized spacial score (nSPS) is 19.9. The van der Waals surface area contributed by atoms with Gasteiger partial charge in [-0.15, -0.1) is 0 Å². The van der Waals surface area contributed by atoms with E-state index in [2.05, 4.69) is 0 Å². The van der Waals surface area contributed by atoms with Crippen LogP contribution in [0.1, 0.15) is 36.2 Å². The van der Waals surface area contributed by atoms with Crippen molar-refractivity contribution < 1.29 is 9.72 Å². The molecule has 1 atom stereocenters. The minimum atomic E-state index is -1.19. The number of hydrogen-bond donors (Lipinski definition) is 0. The summed E-state index contributed by atoms with van der Waals surface area (Å²) < 4.78 is 0. The van der Waals surface area contributed by atoms with Gasteiger partial charge in [-0.1, -0.05) is 24.3 Å². The van der Waals surface area contributed by atoms with E-state index >= 15 is 0 Å². The van der Waals surface area contributed by atoms with Crippen LogP contribution in [-0.2, 0) is 6.42 Å². The highest BCUT2D eigenvalue weighted by Gasteiger charge is 2.47. The molecule has 4 heteroatoms. The maximum atomic E-state index is 12.3. The molecule has 0 aliphatic heterocycles. The van der Waals surface area contributed by atoms with Gasteiger partial charge in [-0.05, 0) is 18.4 Å². The van der Waals surface area contributed by atoms with Crippen molar-refractivity contribution in [1.29, 1.82) is 0 Å². The van der Waals surface area contributed by atoms with E-state index in [0.29, 0.717) is 12.0 Å². The Bertz CT molecular complexity index is 479. The molecule has 17 heavy (non-hydrogen) atoms. The number of carbonyl (C=O) groups is 1. The van der Waals surface area contributed by atoms with E-state index in [0.717, 1.165) is 12.0 Å². The number of nitrogens with zero attached hydrogens (tertiary/aromatic N) is 1. The highest BCUT2D eigenvalue weighted by molar-refractivity contribution is 6.00. The minimum absolute atomic E-state index is 0.0893. The summed E-state index contributed by atoms with van der Waals surface area (Å²) in [7, 11) is 0. The maximum Gasteiger partial charge on any atom is 0.226 e. The van der Waals surface area contributed by atoms with Crippen LogP contribution in [0.2, 0.25) is 0 Å². The zero-order valence-corrected chi connectivity index (χ0v) is 9.97. The molecule has 0 N–H and O–H groups in total. The van der Waals surface area contributed by atoms with E-state index in [4.69, 9.17) is 0 Å². The van der Waals surface area contributed by atoms with Gasteiger partial charge in [0.2, 0.25) is 5.54 Å². The van der Waals surface area contributed by atoms with Crippen molar-refractivity contribution in [2.24, 2.45) is 5.92 Å². The number of ketones is 1. The first-order valence-corrected chi connectivity index (χ1v) is 5.71. The third kappa shape index (κ3) is 1.84. The minimum Gasteiger partial charge on any atom is -0.294 e. The Labute approximate surface area is 99.8 Å². The van der Waals surface area contributed by atoms with Crippen molar-refractivity contribution in [3.8, 4) is 0 Å². The second-order valence-corrected chi connectivity index (χ2v) is 5.02. The smallest absolute Gasteiger partial charge is 0.226 e. The van der Waals surface area contributed by atoms with Crippen LogP contribution in [0.5, 0.6) is 0 Å². The van der Waals surface area contributed by atoms with Gasteiger partial charge in [0.1, 0.15) is 0 Å². The molecule has 1 unspecified atom stereocenters. The summed E-state index contributed by atoms with van der Waals surface area (Å²) >= 11 is 0. The van der Waals surface area contributed by atoms with Crippen molar-refractivity contribution in [3.63, 3.8) is 0 Å². The average molecular weight is 233 g/mol. The van der Waals surface area contributed by atoms with Gasteiger partial charge in [-0.3, -0.25) is 14.9 Å². The molecule has 0 heterocycles. The van der Waals surface area contributed by atoms with Crippen molar-refractivity contribution in [2.75, 3.05) is 0 Å². The van der Waals surface area contributed by atoms with Crippen LogP contribution in [0.4, 0.5) is 0 Å². The maximum absolute atomic E-state index is 12.3. The van der Waals surface area contributed by atoms with Crippen LogP contribution >= 0.6 is 0 Å². The third-order valence-electron chi connectivity index (χ3n) is 3.62. The monoisotopic (exact) mass is 233 g/mol. The number of hydrogen-bond acceptors (Lipinski definition) is 3. The molecule has 1 aromatic rings. The van der Waals surface area contributed by atoms with E-state index in [1.54, 1.807) is 12.1 Å². The van der Waals surface area contributed by atoms with Gasteiger partial charge < -0.3 is 0 Å². The van der Waals surface area contributed by atoms with Crippen LogP contribution < -0.4 is 0 Å². The van der Waals surface area contributed by atoms with Crippen molar-refractivity contribution in [2.45, 2.75) is 32.2 Å². The molecule has 0 aromatic heterocycles. The highest BCUT2D eigenvalue weighted by atomic mass is 16.6. The van der Waals surface area contributed by atoms with Gasteiger partial charge in [0.15, 0.2) is 5.78 Å². The quantitative estimate of drug-likeness (QED) is 0.582. The molecule has 4 nitrogen and oxygen atoms in total. The van der Waals surface area contributed by atoms with Crippen molar-refractivity contribution >= 4 is 5.78 Å². The molecule has 0 amide bonds. The fourth-order valence-electron chi connectivity index (χ4n) is 2.40. The van der Waals surface area contributed by atoms with Crippen LogP contribution in [0.15, 0.2) is 24.3 Å². The second-order valence-electron chi connectivity index (χ2n) is 5.02.